The summed E-state index contributed by atoms with van der Waals surface area (Å²) in [4.78, 5) is 0. The van der Waals surface area contributed by atoms with E-state index in [-0.39, 0.29) is 0 Å². The molecule has 2 aliphatic rings. The largest absolute Gasteiger partial charge is 0.354 e. The van der Waals surface area contributed by atoms with E-state index in [1.807, 2.05) is 30.6 Å². The fraction of sp³-hybridized carbons (Fsp3) is 0.0526. The second-order valence-corrected chi connectivity index (χ2v) is 4.62. The van der Waals surface area contributed by atoms with Gasteiger partial charge in [-0.25, -0.2) is 0 Å². The van der Waals surface area contributed by atoms with Crippen molar-refractivity contribution in [3.63, 3.8) is 0 Å². The molecule has 0 saturated carbocycles. The zero-order chi connectivity index (χ0) is 13.6. The van der Waals surface area contributed by atoms with E-state index >= 15 is 0 Å². The molecular formula is C19H15N+2. The second-order valence-electron chi connectivity index (χ2n) is 4.62. The van der Waals surface area contributed by atoms with Crippen molar-refractivity contribution in [1.29, 1.82) is 0 Å². The van der Waals surface area contributed by atoms with Crippen molar-refractivity contribution in [1.82, 2.24) is 5.32 Å². The highest BCUT2D eigenvalue weighted by atomic mass is 14.8. The summed E-state index contributed by atoms with van der Waals surface area (Å²) in [5.74, 6) is 0. The van der Waals surface area contributed by atoms with E-state index in [9.17, 15) is 0 Å². The molecule has 1 nitrogen and oxygen atoms in total. The topological polar surface area (TPSA) is 12.0 Å². The van der Waals surface area contributed by atoms with Gasteiger partial charge in [-0.1, -0.05) is 0 Å². The summed E-state index contributed by atoms with van der Waals surface area (Å²) >= 11 is 0. The molecule has 0 amide bonds. The average Bonchev–Trinajstić information content (AvgIpc) is 2.50. The minimum absolute atomic E-state index is 1.01. The normalized spacial score (nSPS) is 15.8. The van der Waals surface area contributed by atoms with Gasteiger partial charge in [0.05, 0.1) is 0 Å². The third-order valence-electron chi connectivity index (χ3n) is 3.03. The highest BCUT2D eigenvalue weighted by Gasteiger charge is 2.06. The first kappa shape index (κ1) is 12.3. The Kier molecular flexibility index (Phi) is 3.66. The number of allylic oxidation sites excluding steroid dienone is 8. The molecule has 0 spiro atoms. The lowest BCUT2D eigenvalue weighted by molar-refractivity contribution is 1.16. The van der Waals surface area contributed by atoms with Crippen molar-refractivity contribution < 1.29 is 0 Å². The summed E-state index contributed by atoms with van der Waals surface area (Å²) in [6.07, 6.45) is 24.1. The fourth-order valence-corrected chi connectivity index (χ4v) is 2.09. The SMILES string of the molecule is [C+](=C1C=CCC=C1)c1cccc([C+]=C2C=CNC=C2)c1. The molecule has 0 bridgehead atoms. The van der Waals surface area contributed by atoms with Gasteiger partial charge < -0.3 is 5.32 Å². The maximum absolute atomic E-state index is 3.40. The minimum atomic E-state index is 1.01. The van der Waals surface area contributed by atoms with Gasteiger partial charge in [-0.3, -0.25) is 0 Å². The fourth-order valence-electron chi connectivity index (χ4n) is 2.09. The predicted molar refractivity (Wildman–Crippen MR) is 82.5 cm³/mol. The van der Waals surface area contributed by atoms with Crippen molar-refractivity contribution in [3.8, 4) is 0 Å². The van der Waals surface area contributed by atoms with Crippen LogP contribution in [0.2, 0.25) is 0 Å². The first-order chi connectivity index (χ1) is 9.90. The molecule has 20 heavy (non-hydrogen) atoms. The van der Waals surface area contributed by atoms with Crippen molar-refractivity contribution >= 4 is 0 Å². The third-order valence-corrected chi connectivity index (χ3v) is 3.03. The molecule has 1 heteroatoms. The first-order valence-corrected chi connectivity index (χ1v) is 6.70. The number of hydrogen-bond donors (Lipinski definition) is 1. The van der Waals surface area contributed by atoms with E-state index < -0.39 is 0 Å². The molecule has 94 valence electrons. The third kappa shape index (κ3) is 3.18. The molecule has 1 aromatic carbocycles. The Balaban J connectivity index is 1.86. The van der Waals surface area contributed by atoms with Crippen LogP contribution in [0.25, 0.3) is 0 Å². The second kappa shape index (κ2) is 5.95. The molecule has 0 aromatic heterocycles. The highest BCUT2D eigenvalue weighted by molar-refractivity contribution is 5.43. The van der Waals surface area contributed by atoms with Crippen LogP contribution in [0, 0.1) is 12.2 Å². The smallest absolute Gasteiger partial charge is 0.125 e. The first-order valence-electron chi connectivity index (χ1n) is 6.70. The Morgan fingerprint density at radius 2 is 1.40 bits per heavy atom. The quantitative estimate of drug-likeness (QED) is 0.790. The van der Waals surface area contributed by atoms with Gasteiger partial charge in [0, 0.05) is 73.1 Å². The van der Waals surface area contributed by atoms with Crippen LogP contribution in [0.3, 0.4) is 0 Å². The molecule has 1 aromatic rings. The Hall–Kier alpha value is -2.72. The zero-order valence-electron chi connectivity index (χ0n) is 11.1. The van der Waals surface area contributed by atoms with Gasteiger partial charge >= 0.3 is 0 Å². The van der Waals surface area contributed by atoms with Crippen LogP contribution in [0.4, 0.5) is 0 Å². The summed E-state index contributed by atoms with van der Waals surface area (Å²) in [5, 5.41) is 3.01. The Labute approximate surface area is 120 Å². The zero-order valence-corrected chi connectivity index (χ0v) is 11.1. The number of hydrogen-bond acceptors (Lipinski definition) is 1. The molecule has 3 rings (SSSR count). The maximum atomic E-state index is 3.40. The van der Waals surface area contributed by atoms with E-state index in [4.69, 9.17) is 0 Å². The summed E-state index contributed by atoms with van der Waals surface area (Å²) < 4.78 is 0. The molecule has 1 heterocycles. The van der Waals surface area contributed by atoms with E-state index in [0.717, 1.165) is 28.7 Å². The summed E-state index contributed by atoms with van der Waals surface area (Å²) in [6.45, 7) is 0. The van der Waals surface area contributed by atoms with Crippen LogP contribution < -0.4 is 5.32 Å². The van der Waals surface area contributed by atoms with Gasteiger partial charge in [0.25, 0.3) is 0 Å². The molecular weight excluding hydrogens is 242 g/mol. The van der Waals surface area contributed by atoms with Gasteiger partial charge in [0.1, 0.15) is 22.3 Å². The number of nitrogens with one attached hydrogen (secondary N) is 1. The van der Waals surface area contributed by atoms with Gasteiger partial charge in [0.15, 0.2) is 0 Å². The maximum Gasteiger partial charge on any atom is 0.125 e. The van der Waals surface area contributed by atoms with Gasteiger partial charge in [-0.05, 0) is 18.6 Å². The van der Waals surface area contributed by atoms with E-state index in [1.54, 1.807) is 0 Å². The van der Waals surface area contributed by atoms with Gasteiger partial charge in [-0.2, -0.15) is 0 Å². The van der Waals surface area contributed by atoms with Crippen LogP contribution in [-0.2, 0) is 0 Å². The number of rotatable bonds is 2. The standard InChI is InChI=1S/C19H15N/c1-2-5-16(6-3-1)13-18-7-4-8-19(15-18)14-17-9-11-20-12-10-17/h2-12,15,20H,1H2/q+2. The number of dihydropyridines is 1. The molecule has 1 aliphatic carbocycles. The molecule has 0 unspecified atom stereocenters. The molecule has 0 saturated heterocycles. The van der Waals surface area contributed by atoms with E-state index in [0.29, 0.717) is 0 Å². The van der Waals surface area contributed by atoms with Crippen LogP contribution in [0.1, 0.15) is 17.5 Å². The highest BCUT2D eigenvalue weighted by Crippen LogP contribution is 2.14. The van der Waals surface area contributed by atoms with Crippen LogP contribution in [-0.4, -0.2) is 0 Å². The lowest BCUT2D eigenvalue weighted by Gasteiger charge is -1.95. The Bertz CT molecular complexity index is 584. The van der Waals surface area contributed by atoms with Crippen LogP contribution >= 0.6 is 0 Å². The summed E-state index contributed by atoms with van der Waals surface area (Å²) in [5.41, 5.74) is 4.31. The molecule has 1 N–H and O–H groups in total. The molecule has 0 radical (unpaired) electrons. The minimum Gasteiger partial charge on any atom is -0.354 e. The number of benzene rings is 1. The average molecular weight is 257 g/mol. The predicted octanol–water partition coefficient (Wildman–Crippen LogP) is 3.99. The summed E-state index contributed by atoms with van der Waals surface area (Å²) in [6, 6.07) is 8.25. The van der Waals surface area contributed by atoms with Crippen molar-refractivity contribution in [2.75, 3.05) is 0 Å². The lowest BCUT2D eigenvalue weighted by atomic mass is 10.0. The van der Waals surface area contributed by atoms with Gasteiger partial charge in [-0.15, -0.1) is 0 Å². The van der Waals surface area contributed by atoms with Gasteiger partial charge in [0.2, 0.25) is 0 Å². The molecule has 1 aliphatic heterocycles. The molecule has 0 atom stereocenters. The van der Waals surface area contributed by atoms with Crippen molar-refractivity contribution in [3.05, 3.63) is 108 Å². The Morgan fingerprint density at radius 1 is 0.800 bits per heavy atom. The lowest BCUT2D eigenvalue weighted by Crippen LogP contribution is -1.96. The monoisotopic (exact) mass is 257 g/mol. The van der Waals surface area contributed by atoms with E-state index in [1.165, 1.54) is 0 Å². The van der Waals surface area contributed by atoms with Crippen molar-refractivity contribution in [2.45, 2.75) is 6.42 Å². The van der Waals surface area contributed by atoms with Crippen LogP contribution in [0.15, 0.2) is 84.3 Å². The Morgan fingerprint density at radius 3 is 2.05 bits per heavy atom. The molecule has 0 fully saturated rings. The van der Waals surface area contributed by atoms with Crippen LogP contribution in [0.5, 0.6) is 0 Å². The summed E-state index contributed by atoms with van der Waals surface area (Å²) in [7, 11) is 0. The van der Waals surface area contributed by atoms with Crippen molar-refractivity contribution in [2.24, 2.45) is 0 Å². The van der Waals surface area contributed by atoms with E-state index in [2.05, 4.69) is 60.0 Å².